The molecule has 0 aliphatic heterocycles. The van der Waals surface area contributed by atoms with Gasteiger partial charge in [-0.2, -0.15) is 0 Å². The molecule has 0 radical (unpaired) electrons. The smallest absolute Gasteiger partial charge is 0.0466 e. The standard InChI is InChI=1S/C8H19NO/c1-4-10-7-5-6-8(2)9-3/h8-9H,4-7H2,1-3H3. The molecule has 0 saturated carbocycles. The van der Waals surface area contributed by atoms with Crippen LogP contribution in [0.4, 0.5) is 0 Å². The van der Waals surface area contributed by atoms with Crippen LogP contribution in [0.5, 0.6) is 0 Å². The van der Waals surface area contributed by atoms with E-state index in [4.69, 9.17) is 4.74 Å². The van der Waals surface area contributed by atoms with E-state index in [2.05, 4.69) is 12.2 Å². The molecule has 0 spiro atoms. The average Bonchev–Trinajstić information content (AvgIpc) is 1.98. The van der Waals surface area contributed by atoms with Crippen molar-refractivity contribution in [2.24, 2.45) is 0 Å². The lowest BCUT2D eigenvalue weighted by Gasteiger charge is -2.08. The lowest BCUT2D eigenvalue weighted by Crippen LogP contribution is -2.21. The lowest BCUT2D eigenvalue weighted by molar-refractivity contribution is 0.141. The van der Waals surface area contributed by atoms with Crippen molar-refractivity contribution in [3.8, 4) is 0 Å². The van der Waals surface area contributed by atoms with Crippen molar-refractivity contribution in [3.05, 3.63) is 0 Å². The predicted molar refractivity (Wildman–Crippen MR) is 44.2 cm³/mol. The van der Waals surface area contributed by atoms with Gasteiger partial charge in [0.05, 0.1) is 0 Å². The molecule has 1 N–H and O–H groups in total. The number of hydrogen-bond acceptors (Lipinski definition) is 2. The minimum Gasteiger partial charge on any atom is -0.382 e. The second-order valence-electron chi connectivity index (χ2n) is 2.53. The molecule has 2 heteroatoms. The summed E-state index contributed by atoms with van der Waals surface area (Å²) in [7, 11) is 1.99. The molecule has 62 valence electrons. The fraction of sp³-hybridized carbons (Fsp3) is 1.00. The normalized spacial score (nSPS) is 13.5. The Morgan fingerprint density at radius 1 is 1.50 bits per heavy atom. The lowest BCUT2D eigenvalue weighted by atomic mass is 10.2. The van der Waals surface area contributed by atoms with Gasteiger partial charge < -0.3 is 10.1 Å². The van der Waals surface area contributed by atoms with Crippen molar-refractivity contribution >= 4 is 0 Å². The summed E-state index contributed by atoms with van der Waals surface area (Å²) in [4.78, 5) is 0. The quantitative estimate of drug-likeness (QED) is 0.571. The zero-order valence-corrected chi connectivity index (χ0v) is 7.31. The number of rotatable bonds is 6. The summed E-state index contributed by atoms with van der Waals surface area (Å²) in [6, 6.07) is 0.625. The first-order valence-corrected chi connectivity index (χ1v) is 4.06. The number of ether oxygens (including phenoxy) is 1. The molecule has 10 heavy (non-hydrogen) atoms. The van der Waals surface area contributed by atoms with Gasteiger partial charge in [-0.1, -0.05) is 0 Å². The van der Waals surface area contributed by atoms with Crippen molar-refractivity contribution in [2.75, 3.05) is 20.3 Å². The van der Waals surface area contributed by atoms with Crippen molar-refractivity contribution in [2.45, 2.75) is 32.7 Å². The molecule has 0 amide bonds. The van der Waals surface area contributed by atoms with Crippen molar-refractivity contribution in [1.29, 1.82) is 0 Å². The third-order valence-electron chi connectivity index (χ3n) is 1.62. The SMILES string of the molecule is CCOCCCC(C)NC. The fourth-order valence-electron chi connectivity index (χ4n) is 0.780. The molecule has 1 unspecified atom stereocenters. The summed E-state index contributed by atoms with van der Waals surface area (Å²) in [5.74, 6) is 0. The van der Waals surface area contributed by atoms with E-state index in [-0.39, 0.29) is 0 Å². The van der Waals surface area contributed by atoms with Gasteiger partial charge in [-0.3, -0.25) is 0 Å². The highest BCUT2D eigenvalue weighted by Gasteiger charge is 1.95. The van der Waals surface area contributed by atoms with Crippen LogP contribution in [-0.4, -0.2) is 26.3 Å². The molecule has 0 aliphatic rings. The maximum atomic E-state index is 5.20. The van der Waals surface area contributed by atoms with Crippen LogP contribution in [-0.2, 0) is 4.74 Å². The van der Waals surface area contributed by atoms with Crippen LogP contribution in [0.2, 0.25) is 0 Å². The Labute approximate surface area is 64.0 Å². The summed E-state index contributed by atoms with van der Waals surface area (Å²) in [5, 5.41) is 3.19. The maximum Gasteiger partial charge on any atom is 0.0466 e. The van der Waals surface area contributed by atoms with E-state index in [1.165, 1.54) is 6.42 Å². The van der Waals surface area contributed by atoms with Crippen LogP contribution in [0.3, 0.4) is 0 Å². The second-order valence-corrected chi connectivity index (χ2v) is 2.53. The topological polar surface area (TPSA) is 21.3 Å². The van der Waals surface area contributed by atoms with Crippen LogP contribution in [0, 0.1) is 0 Å². The van der Waals surface area contributed by atoms with E-state index in [0.717, 1.165) is 19.6 Å². The Hall–Kier alpha value is -0.0800. The highest BCUT2D eigenvalue weighted by molar-refractivity contribution is 4.55. The summed E-state index contributed by atoms with van der Waals surface area (Å²) in [6.45, 7) is 5.96. The highest BCUT2D eigenvalue weighted by atomic mass is 16.5. The molecular weight excluding hydrogens is 126 g/mol. The molecule has 0 aliphatic carbocycles. The van der Waals surface area contributed by atoms with Gasteiger partial charge in [-0.25, -0.2) is 0 Å². The summed E-state index contributed by atoms with van der Waals surface area (Å²) in [6.07, 6.45) is 2.37. The monoisotopic (exact) mass is 145 g/mol. The fourth-order valence-corrected chi connectivity index (χ4v) is 0.780. The Bertz CT molecular complexity index is 66.3. The third-order valence-corrected chi connectivity index (χ3v) is 1.62. The molecule has 0 aromatic carbocycles. The molecule has 0 heterocycles. The molecule has 2 nitrogen and oxygen atoms in total. The van der Waals surface area contributed by atoms with E-state index in [9.17, 15) is 0 Å². The van der Waals surface area contributed by atoms with Crippen LogP contribution >= 0.6 is 0 Å². The Morgan fingerprint density at radius 3 is 2.70 bits per heavy atom. The minimum absolute atomic E-state index is 0.625. The van der Waals surface area contributed by atoms with E-state index in [1.807, 2.05) is 14.0 Å². The van der Waals surface area contributed by atoms with E-state index in [1.54, 1.807) is 0 Å². The summed E-state index contributed by atoms with van der Waals surface area (Å²) in [5.41, 5.74) is 0. The highest BCUT2D eigenvalue weighted by Crippen LogP contribution is 1.95. The van der Waals surface area contributed by atoms with Gasteiger partial charge in [0, 0.05) is 19.3 Å². The van der Waals surface area contributed by atoms with E-state index >= 15 is 0 Å². The Kier molecular flexibility index (Phi) is 6.98. The van der Waals surface area contributed by atoms with E-state index < -0.39 is 0 Å². The summed E-state index contributed by atoms with van der Waals surface area (Å²) < 4.78 is 5.20. The minimum atomic E-state index is 0.625. The van der Waals surface area contributed by atoms with Crippen molar-refractivity contribution in [3.63, 3.8) is 0 Å². The van der Waals surface area contributed by atoms with Gasteiger partial charge in [-0.05, 0) is 33.7 Å². The molecule has 0 aromatic heterocycles. The van der Waals surface area contributed by atoms with Gasteiger partial charge in [0.2, 0.25) is 0 Å². The first kappa shape index (κ1) is 9.92. The third kappa shape index (κ3) is 6.05. The van der Waals surface area contributed by atoms with Crippen LogP contribution in [0.25, 0.3) is 0 Å². The Morgan fingerprint density at radius 2 is 2.20 bits per heavy atom. The zero-order valence-electron chi connectivity index (χ0n) is 7.31. The van der Waals surface area contributed by atoms with Crippen LogP contribution in [0.1, 0.15) is 26.7 Å². The zero-order chi connectivity index (χ0) is 7.82. The first-order chi connectivity index (χ1) is 4.81. The molecule has 0 aromatic rings. The van der Waals surface area contributed by atoms with Crippen LogP contribution < -0.4 is 5.32 Å². The van der Waals surface area contributed by atoms with Gasteiger partial charge in [0.25, 0.3) is 0 Å². The average molecular weight is 145 g/mol. The van der Waals surface area contributed by atoms with Gasteiger partial charge in [0.15, 0.2) is 0 Å². The maximum absolute atomic E-state index is 5.20. The molecule has 1 atom stereocenters. The Balaban J connectivity index is 2.89. The van der Waals surface area contributed by atoms with Crippen LogP contribution in [0.15, 0.2) is 0 Å². The second kappa shape index (κ2) is 7.03. The van der Waals surface area contributed by atoms with Crippen molar-refractivity contribution < 1.29 is 4.74 Å². The van der Waals surface area contributed by atoms with Gasteiger partial charge >= 0.3 is 0 Å². The molecule has 0 saturated heterocycles. The van der Waals surface area contributed by atoms with Gasteiger partial charge in [0.1, 0.15) is 0 Å². The largest absolute Gasteiger partial charge is 0.382 e. The first-order valence-electron chi connectivity index (χ1n) is 4.06. The summed E-state index contributed by atoms with van der Waals surface area (Å²) >= 11 is 0. The predicted octanol–water partition coefficient (Wildman–Crippen LogP) is 1.41. The molecule has 0 bridgehead atoms. The number of hydrogen-bond donors (Lipinski definition) is 1. The molecule has 0 rings (SSSR count). The van der Waals surface area contributed by atoms with Crippen molar-refractivity contribution in [1.82, 2.24) is 5.32 Å². The number of nitrogens with one attached hydrogen (secondary N) is 1. The van der Waals surface area contributed by atoms with Gasteiger partial charge in [-0.15, -0.1) is 0 Å². The molecule has 0 fully saturated rings. The molecular formula is C8H19NO. The van der Waals surface area contributed by atoms with E-state index in [0.29, 0.717) is 6.04 Å².